The van der Waals surface area contributed by atoms with Crippen LogP contribution in [0.2, 0.25) is 12.6 Å². The molecule has 0 aliphatic heterocycles. The van der Waals surface area contributed by atoms with Crippen LogP contribution in [0, 0.1) is 0 Å². The second-order valence-corrected chi connectivity index (χ2v) is 6.73. The molecule has 1 atom stereocenters. The molecule has 0 aromatic carbocycles. The van der Waals surface area contributed by atoms with Gasteiger partial charge in [0.1, 0.15) is 8.11 Å². The van der Waals surface area contributed by atoms with Crippen LogP contribution in [0.5, 0.6) is 0 Å². The van der Waals surface area contributed by atoms with Crippen molar-refractivity contribution in [1.82, 2.24) is 0 Å². The summed E-state index contributed by atoms with van der Waals surface area (Å²) < 4.78 is 0. The highest BCUT2D eigenvalue weighted by Crippen LogP contribution is 2.06. The Kier molecular flexibility index (Phi) is 6.54. The van der Waals surface area contributed by atoms with Gasteiger partial charge in [0, 0.05) is 0 Å². The summed E-state index contributed by atoms with van der Waals surface area (Å²) in [6.07, 6.45) is 5.69. The van der Waals surface area contributed by atoms with Gasteiger partial charge in [0.05, 0.1) is 0 Å². The van der Waals surface area contributed by atoms with Gasteiger partial charge >= 0.3 is 0 Å². The van der Waals surface area contributed by atoms with Crippen LogP contribution < -0.4 is 0 Å². The van der Waals surface area contributed by atoms with Crippen molar-refractivity contribution in [2.24, 2.45) is 0 Å². The maximum absolute atomic E-state index is 5.87. The number of rotatable bonds is 5. The predicted molar refractivity (Wildman–Crippen MR) is 47.7 cm³/mol. The van der Waals surface area contributed by atoms with Crippen molar-refractivity contribution >= 4 is 19.2 Å². The monoisotopic (exact) mass is 162 g/mol. The minimum Gasteiger partial charge on any atom is -0.172 e. The first-order valence-electron chi connectivity index (χ1n) is 3.52. The first kappa shape index (κ1) is 9.25. The second kappa shape index (κ2) is 6.37. The predicted octanol–water partition coefficient (Wildman–Crippen LogP) is 2.94. The summed E-state index contributed by atoms with van der Waals surface area (Å²) in [4.78, 5) is 0. The molecule has 9 heavy (non-hydrogen) atoms. The fourth-order valence-electron chi connectivity index (χ4n) is 0.714. The number of halogens is 1. The maximum Gasteiger partial charge on any atom is 0.138 e. The van der Waals surface area contributed by atoms with Crippen molar-refractivity contribution in [2.75, 3.05) is 0 Å². The Labute approximate surface area is 64.2 Å². The van der Waals surface area contributed by atoms with E-state index >= 15 is 0 Å². The Morgan fingerprint density at radius 3 is 2.67 bits per heavy atom. The van der Waals surface area contributed by atoms with Crippen LogP contribution in [0.15, 0.2) is 12.7 Å². The van der Waals surface area contributed by atoms with Gasteiger partial charge in [-0.05, 0) is 12.5 Å². The molecular weight excluding hydrogens is 148 g/mol. The van der Waals surface area contributed by atoms with Gasteiger partial charge in [-0.1, -0.05) is 25.5 Å². The average molecular weight is 163 g/mol. The lowest BCUT2D eigenvalue weighted by Gasteiger charge is -1.97. The van der Waals surface area contributed by atoms with Crippen LogP contribution in [0.1, 0.15) is 19.3 Å². The molecule has 0 aromatic rings. The van der Waals surface area contributed by atoms with Gasteiger partial charge in [-0.3, -0.25) is 0 Å². The summed E-state index contributed by atoms with van der Waals surface area (Å²) >= 11 is 5.87. The molecule has 0 saturated heterocycles. The van der Waals surface area contributed by atoms with Gasteiger partial charge in [0.15, 0.2) is 0 Å². The van der Waals surface area contributed by atoms with Gasteiger partial charge in [-0.25, -0.2) is 0 Å². The van der Waals surface area contributed by atoms with Crippen LogP contribution in [0.4, 0.5) is 0 Å². The van der Waals surface area contributed by atoms with Gasteiger partial charge in [0.2, 0.25) is 0 Å². The minimum atomic E-state index is -0.775. The molecular formula is C7H15ClSi. The van der Waals surface area contributed by atoms with E-state index in [1.54, 1.807) is 0 Å². The Balaban J connectivity index is 2.82. The summed E-state index contributed by atoms with van der Waals surface area (Å²) in [6, 6.07) is 1.27. The fraction of sp³-hybridized carbons (Fsp3) is 0.714. The Bertz CT molecular complexity index is 71.3. The summed E-state index contributed by atoms with van der Waals surface area (Å²) in [7, 11) is -0.775. The molecule has 0 N–H and O–H groups in total. The maximum atomic E-state index is 5.87. The summed E-state index contributed by atoms with van der Waals surface area (Å²) in [5, 5.41) is 0. The molecule has 0 rings (SSSR count). The van der Waals surface area contributed by atoms with E-state index in [1.807, 2.05) is 6.08 Å². The number of hydrogen-bond donors (Lipinski definition) is 0. The molecule has 0 aromatic heterocycles. The lowest BCUT2D eigenvalue weighted by Crippen LogP contribution is -1.93. The first-order chi connectivity index (χ1) is 4.27. The molecule has 0 radical (unpaired) electrons. The van der Waals surface area contributed by atoms with Crippen molar-refractivity contribution < 1.29 is 0 Å². The highest BCUT2D eigenvalue weighted by atomic mass is 35.6. The van der Waals surface area contributed by atoms with Gasteiger partial charge in [-0.15, -0.1) is 6.58 Å². The van der Waals surface area contributed by atoms with Crippen molar-refractivity contribution in [3.05, 3.63) is 12.7 Å². The van der Waals surface area contributed by atoms with E-state index in [-0.39, 0.29) is 0 Å². The molecule has 0 heterocycles. The molecule has 1 unspecified atom stereocenters. The van der Waals surface area contributed by atoms with E-state index in [0.29, 0.717) is 0 Å². The molecule has 0 aliphatic carbocycles. The zero-order chi connectivity index (χ0) is 7.11. The number of unbranched alkanes of at least 4 members (excludes halogenated alkanes) is 2. The van der Waals surface area contributed by atoms with Gasteiger partial charge in [-0.2, -0.15) is 11.1 Å². The largest absolute Gasteiger partial charge is 0.172 e. The van der Waals surface area contributed by atoms with E-state index in [0.717, 1.165) is 6.42 Å². The zero-order valence-corrected chi connectivity index (χ0v) is 7.98. The smallest absolute Gasteiger partial charge is 0.138 e. The Morgan fingerprint density at radius 2 is 2.22 bits per heavy atom. The molecule has 0 fully saturated rings. The first-order valence-corrected chi connectivity index (χ1v) is 7.24. The lowest BCUT2D eigenvalue weighted by molar-refractivity contribution is 0.811. The van der Waals surface area contributed by atoms with Gasteiger partial charge in [0.25, 0.3) is 0 Å². The van der Waals surface area contributed by atoms with Gasteiger partial charge < -0.3 is 0 Å². The number of hydrogen-bond acceptors (Lipinski definition) is 0. The SMILES string of the molecule is C=CCCCC[SiH](C)Cl. The molecule has 0 amide bonds. The number of allylic oxidation sites excluding steroid dienone is 1. The topological polar surface area (TPSA) is 0 Å². The minimum absolute atomic E-state index is 0.775. The van der Waals surface area contributed by atoms with E-state index in [1.165, 1.54) is 18.9 Å². The van der Waals surface area contributed by atoms with Crippen LogP contribution in [0.3, 0.4) is 0 Å². The molecule has 0 spiro atoms. The quantitative estimate of drug-likeness (QED) is 0.253. The molecule has 0 nitrogen and oxygen atoms in total. The third-order valence-electron chi connectivity index (χ3n) is 1.26. The summed E-state index contributed by atoms with van der Waals surface area (Å²) in [5.41, 5.74) is 0. The molecule has 0 aliphatic rings. The van der Waals surface area contributed by atoms with Crippen molar-refractivity contribution in [2.45, 2.75) is 31.9 Å². The van der Waals surface area contributed by atoms with Crippen molar-refractivity contribution in [3.8, 4) is 0 Å². The van der Waals surface area contributed by atoms with Crippen LogP contribution in [-0.2, 0) is 0 Å². The highest BCUT2D eigenvalue weighted by Gasteiger charge is 1.95. The highest BCUT2D eigenvalue weighted by molar-refractivity contribution is 7.06. The van der Waals surface area contributed by atoms with E-state index in [9.17, 15) is 0 Å². The van der Waals surface area contributed by atoms with E-state index in [4.69, 9.17) is 11.1 Å². The molecule has 54 valence electrons. The molecule has 0 saturated carbocycles. The summed E-state index contributed by atoms with van der Waals surface area (Å²) in [6.45, 7) is 5.83. The van der Waals surface area contributed by atoms with Crippen molar-refractivity contribution in [3.63, 3.8) is 0 Å². The van der Waals surface area contributed by atoms with Crippen LogP contribution in [-0.4, -0.2) is 8.11 Å². The van der Waals surface area contributed by atoms with E-state index in [2.05, 4.69) is 13.1 Å². The lowest BCUT2D eigenvalue weighted by atomic mass is 10.2. The third-order valence-corrected chi connectivity index (χ3v) is 3.12. The van der Waals surface area contributed by atoms with Crippen LogP contribution >= 0.6 is 11.1 Å². The Hall–Kier alpha value is 0.247. The standard InChI is InChI=1S/C7H15ClSi/c1-3-4-5-6-7-9(2)8/h3,9H,1,4-7H2,2H3. The fourth-order valence-corrected chi connectivity index (χ4v) is 2.03. The van der Waals surface area contributed by atoms with Crippen molar-refractivity contribution in [1.29, 1.82) is 0 Å². The molecule has 0 bridgehead atoms. The van der Waals surface area contributed by atoms with Crippen LogP contribution in [0.25, 0.3) is 0 Å². The van der Waals surface area contributed by atoms with E-state index < -0.39 is 8.11 Å². The summed E-state index contributed by atoms with van der Waals surface area (Å²) in [5.74, 6) is 0. The average Bonchev–Trinajstić information content (AvgIpc) is 1.80. The Morgan fingerprint density at radius 1 is 1.56 bits per heavy atom. The normalized spacial score (nSPS) is 13.1. The zero-order valence-electron chi connectivity index (χ0n) is 6.07. The molecule has 2 heteroatoms. The second-order valence-electron chi connectivity index (χ2n) is 2.35. The third kappa shape index (κ3) is 8.25.